The van der Waals surface area contributed by atoms with Crippen molar-refractivity contribution < 1.29 is 9.90 Å². The van der Waals surface area contributed by atoms with Crippen LogP contribution in [0.3, 0.4) is 0 Å². The fourth-order valence-electron chi connectivity index (χ4n) is 3.09. The maximum atomic E-state index is 11.4. The second kappa shape index (κ2) is 4.90. The number of carboxylic acids is 1. The SMILES string of the molecule is CCN1CCC(c2nc(C(=O)O)c3cccc(C)n23)C1. The van der Waals surface area contributed by atoms with E-state index >= 15 is 0 Å². The first-order valence-corrected chi connectivity index (χ1v) is 7.05. The highest BCUT2D eigenvalue weighted by molar-refractivity contribution is 5.93. The average Bonchev–Trinajstić information content (AvgIpc) is 3.02. The lowest BCUT2D eigenvalue weighted by Gasteiger charge is -2.13. The number of hydrogen-bond acceptors (Lipinski definition) is 3. The summed E-state index contributed by atoms with van der Waals surface area (Å²) in [4.78, 5) is 18.2. The maximum absolute atomic E-state index is 11.4. The van der Waals surface area contributed by atoms with Gasteiger partial charge in [-0.3, -0.25) is 4.40 Å². The number of rotatable bonds is 3. The van der Waals surface area contributed by atoms with E-state index in [4.69, 9.17) is 0 Å². The van der Waals surface area contributed by atoms with Crippen LogP contribution in [0.5, 0.6) is 0 Å². The number of pyridine rings is 1. The molecule has 0 aromatic carbocycles. The minimum Gasteiger partial charge on any atom is -0.476 e. The van der Waals surface area contributed by atoms with E-state index in [9.17, 15) is 9.90 Å². The molecule has 5 heteroatoms. The highest BCUT2D eigenvalue weighted by Crippen LogP contribution is 2.29. The van der Waals surface area contributed by atoms with Gasteiger partial charge in [0.25, 0.3) is 0 Å². The number of likely N-dealkylation sites (tertiary alicyclic amines) is 1. The number of imidazole rings is 1. The highest BCUT2D eigenvalue weighted by Gasteiger charge is 2.28. The molecular weight excluding hydrogens is 254 g/mol. The van der Waals surface area contributed by atoms with Crippen LogP contribution in [0, 0.1) is 6.92 Å². The van der Waals surface area contributed by atoms with Gasteiger partial charge in [-0.05, 0) is 38.6 Å². The van der Waals surface area contributed by atoms with Crippen molar-refractivity contribution in [2.75, 3.05) is 19.6 Å². The highest BCUT2D eigenvalue weighted by atomic mass is 16.4. The Balaban J connectivity index is 2.13. The Morgan fingerprint density at radius 3 is 2.95 bits per heavy atom. The molecule has 1 aliphatic heterocycles. The Morgan fingerprint density at radius 1 is 1.50 bits per heavy atom. The van der Waals surface area contributed by atoms with Crippen LogP contribution in [0.4, 0.5) is 0 Å². The summed E-state index contributed by atoms with van der Waals surface area (Å²) in [7, 11) is 0. The lowest BCUT2D eigenvalue weighted by Crippen LogP contribution is -2.20. The van der Waals surface area contributed by atoms with Gasteiger partial charge < -0.3 is 10.0 Å². The van der Waals surface area contributed by atoms with Gasteiger partial charge in [0.05, 0.1) is 5.52 Å². The van der Waals surface area contributed by atoms with E-state index in [-0.39, 0.29) is 5.69 Å². The molecule has 0 bridgehead atoms. The zero-order valence-electron chi connectivity index (χ0n) is 11.8. The summed E-state index contributed by atoms with van der Waals surface area (Å²) in [5.74, 6) is 0.257. The van der Waals surface area contributed by atoms with E-state index in [0.717, 1.165) is 37.6 Å². The van der Waals surface area contributed by atoms with Gasteiger partial charge in [0, 0.05) is 18.2 Å². The molecule has 3 heterocycles. The minimum absolute atomic E-state index is 0.165. The second-order valence-corrected chi connectivity index (χ2v) is 5.39. The molecule has 0 radical (unpaired) electrons. The van der Waals surface area contributed by atoms with Gasteiger partial charge in [0.1, 0.15) is 5.82 Å². The number of aromatic carboxylic acids is 1. The molecule has 5 nitrogen and oxygen atoms in total. The molecule has 0 aliphatic carbocycles. The molecule has 0 amide bonds. The molecule has 1 N–H and O–H groups in total. The van der Waals surface area contributed by atoms with E-state index in [2.05, 4.69) is 16.8 Å². The molecule has 2 aromatic rings. The summed E-state index contributed by atoms with van der Waals surface area (Å²) in [6.45, 7) is 7.20. The summed E-state index contributed by atoms with van der Waals surface area (Å²) < 4.78 is 2.01. The number of carboxylic acid groups (broad SMARTS) is 1. The van der Waals surface area contributed by atoms with E-state index in [1.54, 1.807) is 0 Å². The molecule has 1 saturated heterocycles. The molecule has 1 aliphatic rings. The van der Waals surface area contributed by atoms with Gasteiger partial charge in [-0.2, -0.15) is 0 Å². The molecule has 0 saturated carbocycles. The number of aromatic nitrogens is 2. The first-order chi connectivity index (χ1) is 9.61. The Kier molecular flexibility index (Phi) is 3.22. The van der Waals surface area contributed by atoms with Crippen LogP contribution in [0.15, 0.2) is 18.2 Å². The van der Waals surface area contributed by atoms with E-state index < -0.39 is 5.97 Å². The number of fused-ring (bicyclic) bond motifs is 1. The summed E-state index contributed by atoms with van der Waals surface area (Å²) in [6, 6.07) is 5.71. The van der Waals surface area contributed by atoms with Crippen molar-refractivity contribution in [3.05, 3.63) is 35.4 Å². The summed E-state index contributed by atoms with van der Waals surface area (Å²) in [5, 5.41) is 9.34. The molecular formula is C15H19N3O2. The first-order valence-electron chi connectivity index (χ1n) is 7.05. The van der Waals surface area contributed by atoms with Gasteiger partial charge in [0.2, 0.25) is 0 Å². The fraction of sp³-hybridized carbons (Fsp3) is 0.467. The predicted octanol–water partition coefficient (Wildman–Crippen LogP) is 2.15. The molecule has 0 spiro atoms. The fourth-order valence-corrected chi connectivity index (χ4v) is 3.09. The second-order valence-electron chi connectivity index (χ2n) is 5.39. The van der Waals surface area contributed by atoms with Crippen LogP contribution in [-0.4, -0.2) is 45.0 Å². The van der Waals surface area contributed by atoms with Crippen LogP contribution < -0.4 is 0 Å². The molecule has 1 atom stereocenters. The minimum atomic E-state index is -0.954. The zero-order valence-corrected chi connectivity index (χ0v) is 11.8. The van der Waals surface area contributed by atoms with Gasteiger partial charge >= 0.3 is 5.97 Å². The third-order valence-electron chi connectivity index (χ3n) is 4.17. The third-order valence-corrected chi connectivity index (χ3v) is 4.17. The smallest absolute Gasteiger partial charge is 0.356 e. The van der Waals surface area contributed by atoms with Crippen LogP contribution in [0.2, 0.25) is 0 Å². The predicted molar refractivity (Wildman–Crippen MR) is 76.4 cm³/mol. The lowest BCUT2D eigenvalue weighted by atomic mass is 10.1. The quantitative estimate of drug-likeness (QED) is 0.931. The number of nitrogens with zero attached hydrogens (tertiary/aromatic N) is 3. The first kappa shape index (κ1) is 13.1. The van der Waals surface area contributed by atoms with Crippen LogP contribution in [0.25, 0.3) is 5.52 Å². The monoisotopic (exact) mass is 273 g/mol. The van der Waals surface area contributed by atoms with Crippen molar-refractivity contribution in [3.8, 4) is 0 Å². The Labute approximate surface area is 117 Å². The number of aryl methyl sites for hydroxylation is 1. The van der Waals surface area contributed by atoms with Crippen molar-refractivity contribution in [2.24, 2.45) is 0 Å². The van der Waals surface area contributed by atoms with Crippen LogP contribution in [-0.2, 0) is 0 Å². The van der Waals surface area contributed by atoms with Gasteiger partial charge in [-0.15, -0.1) is 0 Å². The van der Waals surface area contributed by atoms with Crippen molar-refractivity contribution in [1.29, 1.82) is 0 Å². The van der Waals surface area contributed by atoms with Crippen molar-refractivity contribution in [2.45, 2.75) is 26.2 Å². The van der Waals surface area contributed by atoms with Gasteiger partial charge in [-0.25, -0.2) is 9.78 Å². The zero-order chi connectivity index (χ0) is 14.3. The van der Waals surface area contributed by atoms with Crippen LogP contribution in [0.1, 0.15) is 41.3 Å². The summed E-state index contributed by atoms with van der Waals surface area (Å²) in [5.41, 5.74) is 1.90. The Bertz CT molecular complexity index is 662. The van der Waals surface area contributed by atoms with Gasteiger partial charge in [0.15, 0.2) is 5.69 Å². The number of likely N-dealkylation sites (N-methyl/N-ethyl adjacent to an activating group) is 1. The number of carbonyl (C=O) groups is 1. The van der Waals surface area contributed by atoms with Gasteiger partial charge in [-0.1, -0.05) is 13.0 Å². The lowest BCUT2D eigenvalue weighted by molar-refractivity contribution is 0.0693. The molecule has 1 unspecified atom stereocenters. The van der Waals surface area contributed by atoms with E-state index in [1.807, 2.05) is 29.5 Å². The average molecular weight is 273 g/mol. The standard InChI is InChI=1S/C15H19N3O2/c1-3-17-8-7-11(9-17)14-16-13(15(19)20)12-6-4-5-10(2)18(12)14/h4-6,11H,3,7-9H2,1-2H3,(H,19,20). The molecule has 20 heavy (non-hydrogen) atoms. The molecule has 2 aromatic heterocycles. The summed E-state index contributed by atoms with van der Waals surface area (Å²) in [6.07, 6.45) is 1.04. The Morgan fingerprint density at radius 2 is 2.30 bits per heavy atom. The van der Waals surface area contributed by atoms with Crippen molar-refractivity contribution in [1.82, 2.24) is 14.3 Å². The molecule has 3 rings (SSSR count). The summed E-state index contributed by atoms with van der Waals surface area (Å²) >= 11 is 0. The number of hydrogen-bond donors (Lipinski definition) is 1. The molecule has 106 valence electrons. The van der Waals surface area contributed by atoms with Crippen molar-refractivity contribution in [3.63, 3.8) is 0 Å². The third kappa shape index (κ3) is 1.98. The van der Waals surface area contributed by atoms with Crippen LogP contribution >= 0.6 is 0 Å². The topological polar surface area (TPSA) is 57.8 Å². The van der Waals surface area contributed by atoms with E-state index in [0.29, 0.717) is 11.4 Å². The molecule has 1 fully saturated rings. The maximum Gasteiger partial charge on any atom is 0.356 e. The van der Waals surface area contributed by atoms with Crippen molar-refractivity contribution >= 4 is 11.5 Å². The van der Waals surface area contributed by atoms with E-state index in [1.165, 1.54) is 0 Å². The Hall–Kier alpha value is -1.88. The normalized spacial score (nSPS) is 19.8. The largest absolute Gasteiger partial charge is 0.476 e.